The molecular weight excluding hydrogens is 328 g/mol. The molecule has 0 aliphatic heterocycles. The molecule has 134 valence electrons. The smallest absolute Gasteiger partial charge is 0.315 e. The lowest BCUT2D eigenvalue weighted by Crippen LogP contribution is -2.37. The molecule has 0 N–H and O–H groups in total. The van der Waals surface area contributed by atoms with Gasteiger partial charge in [-0.05, 0) is 20.3 Å². The van der Waals surface area contributed by atoms with Crippen LogP contribution in [0, 0.1) is 0 Å². The van der Waals surface area contributed by atoms with E-state index in [1.165, 1.54) is 4.90 Å². The van der Waals surface area contributed by atoms with Gasteiger partial charge in [-0.15, -0.1) is 5.10 Å². The second-order valence-electron chi connectivity index (χ2n) is 6.05. The Bertz CT molecular complexity index is 691. The largest absolute Gasteiger partial charge is 0.346 e. The Labute approximate surface area is 144 Å². The number of unbranched alkanes of at least 4 members (excludes halogenated alkanes) is 2. The van der Waals surface area contributed by atoms with Crippen molar-refractivity contribution < 1.29 is 13.2 Å². The molecule has 0 atom stereocenters. The monoisotopic (exact) mass is 354 g/mol. The number of sulfone groups is 1. The van der Waals surface area contributed by atoms with E-state index in [4.69, 9.17) is 0 Å². The van der Waals surface area contributed by atoms with Crippen LogP contribution in [0.5, 0.6) is 0 Å². The van der Waals surface area contributed by atoms with Gasteiger partial charge in [0.05, 0.1) is 5.75 Å². The predicted molar refractivity (Wildman–Crippen MR) is 93.6 cm³/mol. The summed E-state index contributed by atoms with van der Waals surface area (Å²) in [7, 11) is -3.57. The third kappa shape index (κ3) is 5.92. The van der Waals surface area contributed by atoms with Crippen LogP contribution in [0.1, 0.15) is 40.0 Å². The van der Waals surface area contributed by atoms with Crippen molar-refractivity contribution in [3.8, 4) is 0 Å². The second kappa shape index (κ2) is 8.77. The summed E-state index contributed by atoms with van der Waals surface area (Å²) < 4.78 is 25.3. The summed E-state index contributed by atoms with van der Waals surface area (Å²) >= 11 is 0. The van der Waals surface area contributed by atoms with Gasteiger partial charge >= 0.3 is 6.03 Å². The maximum Gasteiger partial charge on any atom is 0.346 e. The van der Waals surface area contributed by atoms with Crippen LogP contribution in [-0.4, -0.2) is 53.0 Å². The fourth-order valence-electron chi connectivity index (χ4n) is 2.10. The molecule has 0 unspecified atom stereocenters. The topological polar surface area (TPSA) is 85.2 Å². The molecule has 0 radical (unpaired) electrons. The summed E-state index contributed by atoms with van der Waals surface area (Å²) in [6.45, 7) is 13.9. The molecule has 7 nitrogen and oxygen atoms in total. The molecule has 0 spiro atoms. The van der Waals surface area contributed by atoms with E-state index in [-0.39, 0.29) is 10.9 Å². The van der Waals surface area contributed by atoms with Gasteiger partial charge in [0.15, 0.2) is 0 Å². The number of rotatable bonds is 9. The van der Waals surface area contributed by atoms with Crippen LogP contribution in [0.4, 0.5) is 4.79 Å². The van der Waals surface area contributed by atoms with Crippen molar-refractivity contribution in [1.29, 1.82) is 0 Å². The van der Waals surface area contributed by atoms with Crippen LogP contribution < -0.4 is 0 Å². The van der Waals surface area contributed by atoms with Gasteiger partial charge in [-0.25, -0.2) is 18.2 Å². The number of carbonyl (C=O) groups excluding carboxylic acids is 1. The van der Waals surface area contributed by atoms with E-state index >= 15 is 0 Å². The zero-order valence-electron chi connectivity index (χ0n) is 14.7. The maximum absolute atomic E-state index is 12.5. The Morgan fingerprint density at radius 3 is 2.29 bits per heavy atom. The quantitative estimate of drug-likeness (QED) is 0.503. The molecule has 1 amide bonds. The Kier molecular flexibility index (Phi) is 7.34. The normalized spacial score (nSPS) is 11.3. The SMILES string of the molecule is C=C(C)CN(CC(=C)C)C(=O)n1cnc(S(=O)(=O)CCCCC)n1. The molecular formula is C16H26N4O3S. The first-order chi connectivity index (χ1) is 11.2. The summed E-state index contributed by atoms with van der Waals surface area (Å²) in [5, 5.41) is 3.56. The zero-order valence-corrected chi connectivity index (χ0v) is 15.5. The van der Waals surface area contributed by atoms with E-state index in [9.17, 15) is 13.2 Å². The molecule has 0 saturated carbocycles. The standard InChI is InChI=1S/C16H26N4O3S/c1-6-7-8-9-24(22,23)15-17-12-20(18-15)16(21)19(10-13(2)3)11-14(4)5/h12H,2,4,6-11H2,1,3,5H3. The number of aromatic nitrogens is 3. The van der Waals surface area contributed by atoms with Crippen LogP contribution in [-0.2, 0) is 9.84 Å². The number of carbonyl (C=O) groups is 1. The van der Waals surface area contributed by atoms with Crippen molar-refractivity contribution in [3.63, 3.8) is 0 Å². The number of hydrogen-bond acceptors (Lipinski definition) is 5. The Hall–Kier alpha value is -1.96. The average Bonchev–Trinajstić information content (AvgIpc) is 2.95. The molecule has 0 saturated heterocycles. The lowest BCUT2D eigenvalue weighted by atomic mass is 10.3. The molecule has 0 fully saturated rings. The number of amides is 1. The van der Waals surface area contributed by atoms with Gasteiger partial charge in [-0.1, -0.05) is 44.1 Å². The molecule has 1 aromatic heterocycles. The summed E-state index contributed by atoms with van der Waals surface area (Å²) in [4.78, 5) is 17.8. The lowest BCUT2D eigenvalue weighted by Gasteiger charge is -2.22. The fourth-order valence-corrected chi connectivity index (χ4v) is 3.29. The predicted octanol–water partition coefficient (Wildman–Crippen LogP) is 2.66. The highest BCUT2D eigenvalue weighted by atomic mass is 32.2. The van der Waals surface area contributed by atoms with E-state index in [1.54, 1.807) is 0 Å². The summed E-state index contributed by atoms with van der Waals surface area (Å²) in [6.07, 6.45) is 3.44. The van der Waals surface area contributed by atoms with Crippen LogP contribution in [0.2, 0.25) is 0 Å². The van der Waals surface area contributed by atoms with E-state index in [1.807, 2.05) is 20.8 Å². The Balaban J connectivity index is 2.94. The minimum Gasteiger partial charge on any atom is -0.315 e. The van der Waals surface area contributed by atoms with Gasteiger partial charge < -0.3 is 4.90 Å². The van der Waals surface area contributed by atoms with Crippen LogP contribution in [0.25, 0.3) is 0 Å². The van der Waals surface area contributed by atoms with E-state index in [2.05, 4.69) is 23.2 Å². The van der Waals surface area contributed by atoms with Gasteiger partial charge in [0.1, 0.15) is 6.33 Å². The van der Waals surface area contributed by atoms with Crippen LogP contribution in [0.15, 0.2) is 35.8 Å². The van der Waals surface area contributed by atoms with Crippen molar-refractivity contribution >= 4 is 15.9 Å². The molecule has 0 aliphatic carbocycles. The van der Waals surface area contributed by atoms with Gasteiger partial charge in [-0.2, -0.15) is 4.68 Å². The zero-order chi connectivity index (χ0) is 18.3. The van der Waals surface area contributed by atoms with E-state index < -0.39 is 15.9 Å². The van der Waals surface area contributed by atoms with Crippen LogP contribution >= 0.6 is 0 Å². The fraction of sp³-hybridized carbons (Fsp3) is 0.562. The molecule has 0 bridgehead atoms. The summed E-state index contributed by atoms with van der Waals surface area (Å²) in [6, 6.07) is -0.455. The van der Waals surface area contributed by atoms with Crippen molar-refractivity contribution in [2.45, 2.75) is 45.2 Å². The minimum atomic E-state index is -3.57. The first-order valence-corrected chi connectivity index (χ1v) is 9.55. The highest BCUT2D eigenvalue weighted by Crippen LogP contribution is 2.09. The summed E-state index contributed by atoms with van der Waals surface area (Å²) in [5.41, 5.74) is 1.61. The first kappa shape index (κ1) is 20.1. The molecule has 0 aliphatic rings. The van der Waals surface area contributed by atoms with E-state index in [0.29, 0.717) is 19.5 Å². The van der Waals surface area contributed by atoms with Gasteiger partial charge in [0.25, 0.3) is 5.16 Å². The van der Waals surface area contributed by atoms with Crippen LogP contribution in [0.3, 0.4) is 0 Å². The average molecular weight is 354 g/mol. The molecule has 0 aromatic carbocycles. The number of hydrogen-bond donors (Lipinski definition) is 0. The Morgan fingerprint density at radius 1 is 1.21 bits per heavy atom. The van der Waals surface area contributed by atoms with Crippen molar-refractivity contribution in [2.24, 2.45) is 0 Å². The van der Waals surface area contributed by atoms with Crippen molar-refractivity contribution in [3.05, 3.63) is 30.6 Å². The number of nitrogens with zero attached hydrogens (tertiary/aromatic N) is 4. The third-order valence-electron chi connectivity index (χ3n) is 3.15. The molecule has 8 heteroatoms. The molecule has 24 heavy (non-hydrogen) atoms. The Morgan fingerprint density at radius 2 is 1.79 bits per heavy atom. The summed E-state index contributed by atoms with van der Waals surface area (Å²) in [5.74, 6) is -0.0136. The van der Waals surface area contributed by atoms with Crippen molar-refractivity contribution in [1.82, 2.24) is 19.7 Å². The lowest BCUT2D eigenvalue weighted by molar-refractivity contribution is 0.204. The molecule has 1 heterocycles. The second-order valence-corrected chi connectivity index (χ2v) is 8.05. The maximum atomic E-state index is 12.5. The molecule has 1 aromatic rings. The van der Waals surface area contributed by atoms with Gasteiger partial charge in [0.2, 0.25) is 9.84 Å². The van der Waals surface area contributed by atoms with Crippen molar-refractivity contribution in [2.75, 3.05) is 18.8 Å². The van der Waals surface area contributed by atoms with Gasteiger partial charge in [-0.3, -0.25) is 0 Å². The minimum absolute atomic E-state index is 0.0136. The van der Waals surface area contributed by atoms with Gasteiger partial charge in [0, 0.05) is 13.1 Å². The molecule has 1 rings (SSSR count). The first-order valence-electron chi connectivity index (χ1n) is 7.89. The highest BCUT2D eigenvalue weighted by molar-refractivity contribution is 7.91. The highest BCUT2D eigenvalue weighted by Gasteiger charge is 2.23. The van der Waals surface area contributed by atoms with E-state index in [0.717, 1.165) is 35.0 Å². The third-order valence-corrected chi connectivity index (χ3v) is 4.72.